The Bertz CT molecular complexity index is 1100. The van der Waals surface area contributed by atoms with Gasteiger partial charge in [0.25, 0.3) is 0 Å². The normalized spacial score (nSPS) is 17.3. The molecule has 1 amide bonds. The predicted molar refractivity (Wildman–Crippen MR) is 157 cm³/mol. The molecule has 1 N–H and O–H groups in total. The molecule has 0 saturated carbocycles. The minimum absolute atomic E-state index is 0.00612. The van der Waals surface area contributed by atoms with Gasteiger partial charge >= 0.3 is 18.1 Å². The van der Waals surface area contributed by atoms with E-state index in [9.17, 15) is 19.2 Å². The first kappa shape index (κ1) is 34.4. The van der Waals surface area contributed by atoms with Crippen molar-refractivity contribution in [2.75, 3.05) is 39.8 Å². The molecule has 1 aliphatic rings. The quantitative estimate of drug-likeness (QED) is 0.150. The zero-order valence-electron chi connectivity index (χ0n) is 25.3. The largest absolute Gasteiger partial charge is 0.513 e. The molecule has 0 spiro atoms. The van der Waals surface area contributed by atoms with Crippen LogP contribution in [0.4, 0.5) is 4.79 Å². The van der Waals surface area contributed by atoms with E-state index in [0.29, 0.717) is 29.7 Å². The molecule has 0 bridgehead atoms. The molecule has 1 atom stereocenters. The number of nitrogens with one attached hydrogen (secondary N) is 1. The first-order valence-electron chi connectivity index (χ1n) is 13.5. The molecule has 0 radical (unpaired) electrons. The fraction of sp³-hybridized carbons (Fsp3) is 0.643. The van der Waals surface area contributed by atoms with Gasteiger partial charge in [-0.2, -0.15) is 11.8 Å². The second-order valence-electron chi connectivity index (χ2n) is 11.1. The van der Waals surface area contributed by atoms with Crippen molar-refractivity contribution in [3.8, 4) is 11.5 Å². The fourth-order valence-electron chi connectivity index (χ4n) is 3.75. The molecule has 1 heterocycles. The van der Waals surface area contributed by atoms with Gasteiger partial charge in [0, 0.05) is 35.1 Å². The van der Waals surface area contributed by atoms with Crippen LogP contribution in [0.25, 0.3) is 0 Å². The van der Waals surface area contributed by atoms with Gasteiger partial charge in [-0.3, -0.25) is 4.79 Å². The van der Waals surface area contributed by atoms with E-state index in [-0.39, 0.29) is 60.0 Å². The maximum atomic E-state index is 13.2. The Hall–Kier alpha value is -2.77. The number of ether oxygens (including phenoxy) is 5. The van der Waals surface area contributed by atoms with E-state index < -0.39 is 32.5 Å². The van der Waals surface area contributed by atoms with Gasteiger partial charge in [0.2, 0.25) is 5.91 Å². The van der Waals surface area contributed by atoms with Crippen molar-refractivity contribution in [2.45, 2.75) is 76.9 Å². The number of carbonyl (C=O) groups is 4. The molecule has 1 aromatic rings. The summed E-state index contributed by atoms with van der Waals surface area (Å²) in [6.45, 7) is 12.6. The lowest BCUT2D eigenvalue weighted by atomic mass is 10.0. The summed E-state index contributed by atoms with van der Waals surface area (Å²) in [6, 6.07) is 0.628. The number of methoxy groups -OCH3 is 2. The van der Waals surface area contributed by atoms with Crippen LogP contribution in [-0.2, 0) is 34.0 Å². The molecule has 0 aliphatic carbocycles. The summed E-state index contributed by atoms with van der Waals surface area (Å²) in [7, 11) is 0.683. The van der Waals surface area contributed by atoms with Gasteiger partial charge in [0.05, 0.1) is 33.0 Å². The molecule has 2 rings (SSSR count). The zero-order chi connectivity index (χ0) is 30.8. The van der Waals surface area contributed by atoms with E-state index in [1.807, 2.05) is 0 Å². The van der Waals surface area contributed by atoms with Crippen LogP contribution in [0.3, 0.4) is 0 Å². The SMILES string of the molecule is COC(=O)[C@@H]1CSCc2c(OC(=O)OCCO[Si](C)(C)C(C)(C)C)cc(OC)c(C)c2C(=O)OCCCCC(=O)N1. The molecule has 0 unspecified atom stereocenters. The molecule has 1 aromatic carbocycles. The van der Waals surface area contributed by atoms with Gasteiger partial charge in [-0.05, 0) is 37.9 Å². The molecular weight excluding hydrogens is 570 g/mol. The number of cyclic esters (lactones) is 1. The average Bonchev–Trinajstić information content (AvgIpc) is 2.89. The maximum absolute atomic E-state index is 13.2. The topological polar surface area (TPSA) is 136 Å². The Labute approximate surface area is 247 Å². The van der Waals surface area contributed by atoms with Gasteiger partial charge in [0.1, 0.15) is 24.1 Å². The van der Waals surface area contributed by atoms with Gasteiger partial charge in [-0.15, -0.1) is 0 Å². The molecule has 11 nitrogen and oxygen atoms in total. The Morgan fingerprint density at radius 3 is 2.46 bits per heavy atom. The fourth-order valence-corrected chi connectivity index (χ4v) is 5.84. The molecule has 0 aromatic heterocycles. The number of amides is 1. The summed E-state index contributed by atoms with van der Waals surface area (Å²) >= 11 is 1.26. The Morgan fingerprint density at radius 1 is 1.12 bits per heavy atom. The van der Waals surface area contributed by atoms with Crippen molar-refractivity contribution in [2.24, 2.45) is 0 Å². The highest BCUT2D eigenvalue weighted by Crippen LogP contribution is 2.38. The molecule has 13 heteroatoms. The summed E-state index contributed by atoms with van der Waals surface area (Å²) < 4.78 is 32.7. The first-order chi connectivity index (χ1) is 19.2. The van der Waals surface area contributed by atoms with Crippen LogP contribution in [0.1, 0.15) is 61.5 Å². The number of benzene rings is 1. The van der Waals surface area contributed by atoms with Crippen molar-refractivity contribution < 1.29 is 47.3 Å². The number of esters is 2. The average molecular weight is 614 g/mol. The van der Waals surface area contributed by atoms with Crippen LogP contribution in [0, 0.1) is 6.92 Å². The van der Waals surface area contributed by atoms with Crippen molar-refractivity contribution in [1.29, 1.82) is 0 Å². The summed E-state index contributed by atoms with van der Waals surface area (Å²) in [5, 5.41) is 2.71. The second-order valence-corrected chi connectivity index (χ2v) is 17.0. The number of thioether (sulfide) groups is 1. The number of hydrogen-bond donors (Lipinski definition) is 1. The highest BCUT2D eigenvalue weighted by atomic mass is 32.2. The van der Waals surface area contributed by atoms with E-state index in [4.69, 9.17) is 28.1 Å². The predicted octanol–water partition coefficient (Wildman–Crippen LogP) is 4.77. The third-order valence-corrected chi connectivity index (χ3v) is 12.8. The summed E-state index contributed by atoms with van der Waals surface area (Å²) in [4.78, 5) is 50.6. The van der Waals surface area contributed by atoms with Crippen molar-refractivity contribution in [3.63, 3.8) is 0 Å². The molecule has 230 valence electrons. The Kier molecular flexibility index (Phi) is 13.0. The minimum atomic E-state index is -2.01. The molecule has 1 aliphatic heterocycles. The molecule has 0 fully saturated rings. The number of fused-ring (bicyclic) bond motifs is 1. The highest BCUT2D eigenvalue weighted by molar-refractivity contribution is 7.98. The summed E-state index contributed by atoms with van der Waals surface area (Å²) in [6.07, 6.45) is 0.125. The first-order valence-corrected chi connectivity index (χ1v) is 17.6. The van der Waals surface area contributed by atoms with Crippen LogP contribution in [0.15, 0.2) is 6.07 Å². The third-order valence-electron chi connectivity index (χ3n) is 7.18. The van der Waals surface area contributed by atoms with E-state index in [1.54, 1.807) is 6.92 Å². The number of rotatable bonds is 7. The lowest BCUT2D eigenvalue weighted by Gasteiger charge is -2.36. The molecule has 41 heavy (non-hydrogen) atoms. The smallest absolute Gasteiger partial charge is 0.496 e. The van der Waals surface area contributed by atoms with Crippen LogP contribution in [0.5, 0.6) is 11.5 Å². The van der Waals surface area contributed by atoms with E-state index in [2.05, 4.69) is 39.2 Å². The van der Waals surface area contributed by atoms with Crippen molar-refractivity contribution >= 4 is 44.1 Å². The highest BCUT2D eigenvalue weighted by Gasteiger charge is 2.37. The summed E-state index contributed by atoms with van der Waals surface area (Å²) in [5.74, 6) is -0.784. The van der Waals surface area contributed by atoms with Gasteiger partial charge in [0.15, 0.2) is 8.32 Å². The van der Waals surface area contributed by atoms with Crippen LogP contribution >= 0.6 is 11.8 Å². The third kappa shape index (κ3) is 9.92. The lowest BCUT2D eigenvalue weighted by Crippen LogP contribution is -2.43. The van der Waals surface area contributed by atoms with E-state index in [1.165, 1.54) is 32.0 Å². The van der Waals surface area contributed by atoms with E-state index >= 15 is 0 Å². The van der Waals surface area contributed by atoms with Gasteiger partial charge < -0.3 is 33.4 Å². The summed E-state index contributed by atoms with van der Waals surface area (Å²) in [5.41, 5.74) is 1.10. The lowest BCUT2D eigenvalue weighted by molar-refractivity contribution is -0.144. The zero-order valence-corrected chi connectivity index (χ0v) is 27.1. The molecular formula is C28H43NO10SSi. The second kappa shape index (κ2) is 15.5. The van der Waals surface area contributed by atoms with Gasteiger partial charge in [-0.25, -0.2) is 14.4 Å². The van der Waals surface area contributed by atoms with Gasteiger partial charge in [-0.1, -0.05) is 20.8 Å². The minimum Gasteiger partial charge on any atom is -0.496 e. The number of hydrogen-bond acceptors (Lipinski definition) is 11. The monoisotopic (exact) mass is 613 g/mol. The maximum Gasteiger partial charge on any atom is 0.513 e. The standard InChI is InChI=1S/C28H43NO10SSi/c1-18-21(34-5)15-22(39-27(33)37-13-14-38-41(7,8)28(2,3)4)19-16-40-17-20(25(31)35-6)29-23(30)11-9-10-12-36-26(32)24(18)19/h15,20H,9-14,16-17H2,1-8H3,(H,29,30)/t20-/m0/s1. The van der Waals surface area contributed by atoms with E-state index in [0.717, 1.165) is 0 Å². The van der Waals surface area contributed by atoms with Crippen LogP contribution < -0.4 is 14.8 Å². The van der Waals surface area contributed by atoms with Crippen LogP contribution in [-0.4, -0.2) is 78.2 Å². The van der Waals surface area contributed by atoms with Crippen molar-refractivity contribution in [3.05, 3.63) is 22.8 Å². The molecule has 0 saturated heterocycles. The van der Waals surface area contributed by atoms with Crippen molar-refractivity contribution in [1.82, 2.24) is 5.32 Å². The van der Waals surface area contributed by atoms with Crippen LogP contribution in [0.2, 0.25) is 18.1 Å². The Balaban J connectivity index is 2.32. The number of carbonyl (C=O) groups excluding carboxylic acids is 4. The Morgan fingerprint density at radius 2 is 1.83 bits per heavy atom.